The van der Waals surface area contributed by atoms with Gasteiger partial charge in [-0.3, -0.25) is 14.5 Å². The Kier molecular flexibility index (Phi) is 13.2. The van der Waals surface area contributed by atoms with Crippen molar-refractivity contribution in [1.82, 2.24) is 4.90 Å². The van der Waals surface area contributed by atoms with Crippen LogP contribution in [0.1, 0.15) is 102 Å². The molecule has 3 aliphatic carbocycles. The molecule has 16 nitrogen and oxygen atoms in total. The Morgan fingerprint density at radius 3 is 2.03 bits per heavy atom. The van der Waals surface area contributed by atoms with Gasteiger partial charge in [0.2, 0.25) is 0 Å². The number of hydrogen-bond acceptors (Lipinski definition) is 15. The lowest BCUT2D eigenvalue weighted by Crippen LogP contribution is -2.82. The average Bonchev–Trinajstić information content (AvgIpc) is 3.72. The molecule has 4 fully saturated rings. The maximum Gasteiger partial charge on any atom is 0.413 e. The van der Waals surface area contributed by atoms with Crippen LogP contribution < -0.4 is 4.74 Å². The number of ketones is 1. The zero-order valence-electron chi connectivity index (χ0n) is 41.0. The van der Waals surface area contributed by atoms with Crippen LogP contribution in [-0.2, 0) is 52.3 Å². The van der Waals surface area contributed by atoms with E-state index in [1.165, 1.54) is 33.2 Å². The van der Waals surface area contributed by atoms with Crippen molar-refractivity contribution >= 4 is 29.8 Å². The Balaban J connectivity index is 1.29. The van der Waals surface area contributed by atoms with Crippen LogP contribution in [0.3, 0.4) is 0 Å². The Bertz CT molecular complexity index is 2490. The van der Waals surface area contributed by atoms with Gasteiger partial charge in [-0.15, -0.1) is 0 Å². The van der Waals surface area contributed by atoms with E-state index >= 15 is 9.59 Å². The number of carbonyl (C=O) groups is 5. The average molecular weight is 954 g/mol. The monoisotopic (exact) mass is 953 g/mol. The predicted molar refractivity (Wildman–Crippen MR) is 246 cm³/mol. The van der Waals surface area contributed by atoms with Crippen LogP contribution in [0.25, 0.3) is 0 Å². The number of amides is 1. The van der Waals surface area contributed by atoms with Crippen molar-refractivity contribution in [1.29, 1.82) is 0 Å². The Morgan fingerprint density at radius 1 is 0.841 bits per heavy atom. The number of benzene rings is 3. The number of carbonyl (C=O) groups excluding carboxylic acids is 5. The van der Waals surface area contributed by atoms with Crippen LogP contribution in [0.5, 0.6) is 5.75 Å². The molecule has 16 heteroatoms. The van der Waals surface area contributed by atoms with Crippen molar-refractivity contribution in [2.75, 3.05) is 27.9 Å². The number of fused-ring (bicyclic) bond motifs is 5. The second-order valence-corrected chi connectivity index (χ2v) is 20.4. The number of nitrogens with zero attached hydrogens (tertiary/aromatic N) is 1. The lowest BCUT2D eigenvalue weighted by Gasteiger charge is -2.67. The molecule has 2 bridgehead atoms. The highest BCUT2D eigenvalue weighted by molar-refractivity contribution is 5.94. The van der Waals surface area contributed by atoms with Gasteiger partial charge in [-0.2, -0.15) is 0 Å². The summed E-state index contributed by atoms with van der Waals surface area (Å²) in [5.74, 6) is -3.65. The predicted octanol–water partition coefficient (Wildman–Crippen LogP) is 7.03. The number of Topliss-reactive ketones (excluding diaryl/α,β-unsaturated/α-hetero) is 1. The molecule has 2 heterocycles. The van der Waals surface area contributed by atoms with Gasteiger partial charge < -0.3 is 47.7 Å². The molecule has 69 heavy (non-hydrogen) atoms. The van der Waals surface area contributed by atoms with Gasteiger partial charge in [0.15, 0.2) is 23.7 Å². The molecule has 8 rings (SSSR count). The number of hydrogen-bond donors (Lipinski definition) is 1. The topological polar surface area (TPSA) is 192 Å². The third-order valence-electron chi connectivity index (χ3n) is 15.1. The molecule has 3 aromatic rings. The van der Waals surface area contributed by atoms with Crippen molar-refractivity contribution < 1.29 is 71.7 Å². The summed E-state index contributed by atoms with van der Waals surface area (Å²) in [6.45, 7) is 13.1. The number of rotatable bonds is 10. The molecule has 0 spiro atoms. The summed E-state index contributed by atoms with van der Waals surface area (Å²) in [5.41, 5.74) is -5.96. The zero-order valence-corrected chi connectivity index (χ0v) is 41.0. The first-order valence-corrected chi connectivity index (χ1v) is 23.2. The zero-order chi connectivity index (χ0) is 50.0. The minimum absolute atomic E-state index is 0.125. The Morgan fingerprint density at radius 2 is 1.48 bits per heavy atom. The third kappa shape index (κ3) is 8.21. The summed E-state index contributed by atoms with van der Waals surface area (Å²) >= 11 is 0. The fourth-order valence-corrected chi connectivity index (χ4v) is 11.8. The number of ether oxygens (including phenoxy) is 9. The van der Waals surface area contributed by atoms with Crippen LogP contribution in [0.2, 0.25) is 0 Å². The van der Waals surface area contributed by atoms with E-state index in [0.717, 1.165) is 0 Å². The van der Waals surface area contributed by atoms with Gasteiger partial charge in [-0.05, 0) is 75.6 Å². The third-order valence-corrected chi connectivity index (χ3v) is 15.1. The van der Waals surface area contributed by atoms with Gasteiger partial charge in [-0.1, -0.05) is 74.5 Å². The largest absolute Gasteiger partial charge is 0.497 e. The summed E-state index contributed by atoms with van der Waals surface area (Å²) in [6, 6.07) is 22.9. The van der Waals surface area contributed by atoms with Gasteiger partial charge in [0, 0.05) is 45.0 Å². The molecule has 0 radical (unpaired) electrons. The van der Waals surface area contributed by atoms with Gasteiger partial charge in [0.1, 0.15) is 47.4 Å². The van der Waals surface area contributed by atoms with Crippen molar-refractivity contribution in [3.8, 4) is 5.75 Å². The highest BCUT2D eigenvalue weighted by atomic mass is 16.6. The standard InChI is InChI=1S/C53H63NO15/c1-29-35(65-47(58)41-39(31-18-14-12-15-19-31)54(48(59)69-49(3,4)5)45(66-41)32-22-24-34(61-9)25-23-32)27-53(60)44(67-46(57)33-20-16-13-17-21-33)42-51(8,43(56)40(63-11)38(29)50(53,6)7)36(62-10)26-37-52(42,28-64-37)68-30(2)55/h12-25,35-37,39-42,44-45,60H,26-28H2,1-11H3/t35-,36-,37+,39-,40+,41+,42-,44-,45-,51+,52-,53+/m0/s1. The smallest absolute Gasteiger partial charge is 0.413 e. The quantitative estimate of drug-likeness (QED) is 0.124. The summed E-state index contributed by atoms with van der Waals surface area (Å²) in [4.78, 5) is 74.6. The minimum Gasteiger partial charge on any atom is -0.497 e. The first kappa shape index (κ1) is 49.8. The molecule has 1 N–H and O–H groups in total. The van der Waals surface area contributed by atoms with E-state index in [9.17, 15) is 19.5 Å². The van der Waals surface area contributed by atoms with Crippen LogP contribution >= 0.6 is 0 Å². The second-order valence-electron chi connectivity index (χ2n) is 20.4. The van der Waals surface area contributed by atoms with Gasteiger partial charge >= 0.3 is 24.0 Å². The van der Waals surface area contributed by atoms with Gasteiger partial charge in [-0.25, -0.2) is 14.4 Å². The summed E-state index contributed by atoms with van der Waals surface area (Å²) in [7, 11) is 4.37. The molecule has 12 atom stereocenters. The van der Waals surface area contributed by atoms with Crippen molar-refractivity contribution in [3.05, 3.63) is 113 Å². The van der Waals surface area contributed by atoms with Crippen molar-refractivity contribution in [2.45, 2.75) is 134 Å². The van der Waals surface area contributed by atoms with E-state index in [4.69, 9.17) is 42.6 Å². The maximum atomic E-state index is 15.8. The molecule has 3 aromatic carbocycles. The van der Waals surface area contributed by atoms with E-state index < -0.39 is 112 Å². The van der Waals surface area contributed by atoms with E-state index in [1.807, 2.05) is 0 Å². The van der Waals surface area contributed by atoms with E-state index in [1.54, 1.807) is 133 Å². The van der Waals surface area contributed by atoms with E-state index in [0.29, 0.717) is 28.0 Å². The Hall–Kier alpha value is -5.65. The molecule has 0 unspecified atom stereocenters. The minimum atomic E-state index is -2.22. The number of methoxy groups -OCH3 is 3. The van der Waals surface area contributed by atoms with Gasteiger partial charge in [0.25, 0.3) is 0 Å². The van der Waals surface area contributed by atoms with Gasteiger partial charge in [0.05, 0.1) is 36.7 Å². The fourth-order valence-electron chi connectivity index (χ4n) is 11.8. The molecule has 0 aromatic heterocycles. The summed E-state index contributed by atoms with van der Waals surface area (Å²) in [5, 5.41) is 14.0. The Labute approximate surface area is 402 Å². The number of esters is 3. The van der Waals surface area contributed by atoms with E-state index in [-0.39, 0.29) is 25.0 Å². The molecule has 2 aliphatic heterocycles. The maximum absolute atomic E-state index is 15.8. The highest BCUT2D eigenvalue weighted by Gasteiger charge is 2.78. The lowest BCUT2D eigenvalue weighted by molar-refractivity contribution is -0.347. The van der Waals surface area contributed by atoms with Crippen molar-refractivity contribution in [2.24, 2.45) is 16.7 Å². The highest BCUT2D eigenvalue weighted by Crippen LogP contribution is 2.65. The van der Waals surface area contributed by atoms with E-state index in [2.05, 4.69) is 0 Å². The molecule has 370 valence electrons. The molecular weight excluding hydrogens is 891 g/mol. The van der Waals surface area contributed by atoms with Crippen LogP contribution in [-0.4, -0.2) is 121 Å². The number of aliphatic hydroxyl groups is 1. The molecule has 5 aliphatic rings. The SMILES string of the molecule is COc1ccc([C@@H]2O[C@@H](C(=O)O[C@H]3C[C@@]4(O)[C@@H](OC(=O)c5ccccc5)[C@@H]5[C@]6(OC(C)=O)CO[C@@H]6C[C@H](OC)[C@@]5(C)C(=O)[C@H](OC)C(=C3C)C4(C)C)[C@H](c3ccccc3)N2C(=O)OC(C)(C)C)cc1. The normalized spacial score (nSPS) is 33.7. The van der Waals surface area contributed by atoms with Crippen LogP contribution in [0.15, 0.2) is 96.1 Å². The van der Waals surface area contributed by atoms with Crippen molar-refractivity contribution in [3.63, 3.8) is 0 Å². The molecule has 2 saturated heterocycles. The lowest BCUT2D eigenvalue weighted by atomic mass is 9.44. The molecule has 1 amide bonds. The van der Waals surface area contributed by atoms with Crippen LogP contribution in [0, 0.1) is 16.7 Å². The summed E-state index contributed by atoms with van der Waals surface area (Å²) in [6.07, 6.45) is -9.71. The fraction of sp³-hybridized carbons (Fsp3) is 0.528. The molecular formula is C53H63NO15. The first-order chi connectivity index (χ1) is 32.6. The van der Waals surface area contributed by atoms with Crippen LogP contribution in [0.4, 0.5) is 4.79 Å². The summed E-state index contributed by atoms with van der Waals surface area (Å²) < 4.78 is 55.9. The first-order valence-electron chi connectivity index (χ1n) is 23.2. The second kappa shape index (κ2) is 18.3. The molecule has 2 saturated carbocycles.